The number of aryl methyl sites for hydroxylation is 1. The Morgan fingerprint density at radius 1 is 1.31 bits per heavy atom. The Hall–Kier alpha value is -3.02. The van der Waals surface area contributed by atoms with Gasteiger partial charge in [-0.3, -0.25) is 4.79 Å². The van der Waals surface area contributed by atoms with Gasteiger partial charge in [0.2, 0.25) is 0 Å². The number of hydrogen-bond acceptors (Lipinski definition) is 5. The molecule has 0 radical (unpaired) electrons. The number of ether oxygens (including phenoxy) is 2. The lowest BCUT2D eigenvalue weighted by atomic mass is 10.1. The van der Waals surface area contributed by atoms with Gasteiger partial charge >= 0.3 is 5.97 Å². The van der Waals surface area contributed by atoms with E-state index >= 15 is 0 Å². The van der Waals surface area contributed by atoms with Gasteiger partial charge in [0.1, 0.15) is 11.6 Å². The van der Waals surface area contributed by atoms with E-state index in [0.29, 0.717) is 20.7 Å². The van der Waals surface area contributed by atoms with Crippen LogP contribution in [0.5, 0.6) is 11.5 Å². The second kappa shape index (κ2) is 9.96. The Morgan fingerprint density at radius 2 is 2.03 bits per heavy atom. The van der Waals surface area contributed by atoms with Crippen molar-refractivity contribution in [1.82, 2.24) is 0 Å². The number of hydrogen-bond donors (Lipinski definition) is 2. The van der Waals surface area contributed by atoms with E-state index in [4.69, 9.17) is 26.2 Å². The number of halogens is 2. The molecule has 0 aromatic heterocycles. The minimum Gasteiger partial charge on any atom is -0.493 e. The third kappa shape index (κ3) is 5.98. The smallest absolute Gasteiger partial charge is 0.341 e. The van der Waals surface area contributed by atoms with Crippen molar-refractivity contribution in [2.24, 2.45) is 0 Å². The zero-order valence-corrected chi connectivity index (χ0v) is 17.8. The van der Waals surface area contributed by atoms with E-state index in [9.17, 15) is 14.9 Å². The summed E-state index contributed by atoms with van der Waals surface area (Å²) in [6, 6.07) is 9.92. The number of carboxylic acid groups (broad SMARTS) is 1. The van der Waals surface area contributed by atoms with Crippen molar-refractivity contribution in [3.63, 3.8) is 0 Å². The average molecular weight is 480 g/mol. The monoisotopic (exact) mass is 478 g/mol. The van der Waals surface area contributed by atoms with Gasteiger partial charge in [-0.25, -0.2) is 4.79 Å². The van der Waals surface area contributed by atoms with Crippen LogP contribution in [0.15, 0.2) is 40.4 Å². The molecule has 0 heterocycles. The van der Waals surface area contributed by atoms with Crippen LogP contribution in [0.3, 0.4) is 0 Å². The molecule has 0 saturated heterocycles. The van der Waals surface area contributed by atoms with Crippen molar-refractivity contribution in [3.05, 3.63) is 56.5 Å². The molecular weight excluding hydrogens is 464 g/mol. The molecule has 0 aliphatic heterocycles. The normalized spacial score (nSPS) is 10.8. The molecule has 9 heteroatoms. The molecule has 1 amide bonds. The standard InChI is InChI=1S/C20H16BrClN2O5/c1-11-3-4-14(7-16(11)22)24-20(27)13(9-23)5-12-6-17(28-2)18(8-15(12)21)29-10-19(25)26/h3-8H,10H2,1-2H3,(H,24,27)(H,25,26). The largest absolute Gasteiger partial charge is 0.493 e. The van der Waals surface area contributed by atoms with E-state index in [1.54, 1.807) is 18.2 Å². The number of anilines is 1. The third-order valence-corrected chi connectivity index (χ3v) is 4.82. The number of rotatable bonds is 7. The SMILES string of the molecule is COc1cc(C=C(C#N)C(=O)Nc2ccc(C)c(Cl)c2)c(Br)cc1OCC(=O)O. The quantitative estimate of drug-likeness (QED) is 0.449. The highest BCUT2D eigenvalue weighted by atomic mass is 79.9. The number of carbonyl (C=O) groups excluding carboxylic acids is 1. The highest BCUT2D eigenvalue weighted by molar-refractivity contribution is 9.10. The van der Waals surface area contributed by atoms with Crippen LogP contribution in [0, 0.1) is 18.3 Å². The number of carbonyl (C=O) groups is 2. The Bertz CT molecular complexity index is 1030. The van der Waals surface area contributed by atoms with Crippen LogP contribution in [0.25, 0.3) is 6.08 Å². The highest BCUT2D eigenvalue weighted by Gasteiger charge is 2.15. The first-order valence-electron chi connectivity index (χ1n) is 8.16. The van der Waals surface area contributed by atoms with Gasteiger partial charge in [0, 0.05) is 15.2 Å². The molecule has 2 aromatic carbocycles. The first kappa shape index (κ1) is 22.3. The number of nitriles is 1. The van der Waals surface area contributed by atoms with Crippen LogP contribution in [0.4, 0.5) is 5.69 Å². The fourth-order valence-corrected chi connectivity index (χ4v) is 2.86. The zero-order valence-electron chi connectivity index (χ0n) is 15.5. The van der Waals surface area contributed by atoms with Crippen LogP contribution < -0.4 is 14.8 Å². The first-order chi connectivity index (χ1) is 13.7. The zero-order chi connectivity index (χ0) is 21.6. The minimum atomic E-state index is -1.13. The fourth-order valence-electron chi connectivity index (χ4n) is 2.25. The van der Waals surface area contributed by atoms with Crippen LogP contribution >= 0.6 is 27.5 Å². The summed E-state index contributed by atoms with van der Waals surface area (Å²) in [6.07, 6.45) is 1.37. The second-order valence-electron chi connectivity index (χ2n) is 5.79. The molecule has 150 valence electrons. The van der Waals surface area contributed by atoms with Crippen molar-refractivity contribution in [3.8, 4) is 17.6 Å². The number of aliphatic carboxylic acids is 1. The van der Waals surface area contributed by atoms with Gasteiger partial charge in [0.05, 0.1) is 7.11 Å². The van der Waals surface area contributed by atoms with Gasteiger partial charge in [-0.15, -0.1) is 0 Å². The molecule has 29 heavy (non-hydrogen) atoms. The van der Waals surface area contributed by atoms with E-state index in [0.717, 1.165) is 5.56 Å². The second-order valence-corrected chi connectivity index (χ2v) is 7.06. The summed E-state index contributed by atoms with van der Waals surface area (Å²) in [5.41, 5.74) is 1.64. The van der Waals surface area contributed by atoms with Gasteiger partial charge in [-0.1, -0.05) is 33.6 Å². The summed E-state index contributed by atoms with van der Waals surface area (Å²) in [5.74, 6) is -1.28. The van der Waals surface area contributed by atoms with Gasteiger partial charge in [0.25, 0.3) is 5.91 Å². The van der Waals surface area contributed by atoms with Gasteiger partial charge in [-0.2, -0.15) is 5.26 Å². The average Bonchev–Trinajstić information content (AvgIpc) is 2.68. The number of carboxylic acids is 1. The van der Waals surface area contributed by atoms with Crippen molar-refractivity contribution in [1.29, 1.82) is 5.26 Å². The Labute approximate surface area is 180 Å². The van der Waals surface area contributed by atoms with E-state index < -0.39 is 18.5 Å². The third-order valence-electron chi connectivity index (χ3n) is 3.73. The van der Waals surface area contributed by atoms with Gasteiger partial charge in [0.15, 0.2) is 18.1 Å². The Morgan fingerprint density at radius 3 is 2.62 bits per heavy atom. The van der Waals surface area contributed by atoms with E-state index in [1.165, 1.54) is 25.3 Å². The summed E-state index contributed by atoms with van der Waals surface area (Å²) >= 11 is 9.38. The predicted molar refractivity (Wildman–Crippen MR) is 112 cm³/mol. The molecule has 0 saturated carbocycles. The molecule has 0 spiro atoms. The Kier molecular flexibility index (Phi) is 7.65. The highest BCUT2D eigenvalue weighted by Crippen LogP contribution is 2.34. The summed E-state index contributed by atoms with van der Waals surface area (Å²) < 4.78 is 10.9. The minimum absolute atomic E-state index is 0.149. The van der Waals surface area contributed by atoms with Crippen molar-refractivity contribution in [2.75, 3.05) is 19.0 Å². The summed E-state index contributed by atoms with van der Waals surface area (Å²) in [5, 5.41) is 21.3. The van der Waals surface area contributed by atoms with Gasteiger partial charge in [-0.05, 0) is 48.4 Å². The summed E-state index contributed by atoms with van der Waals surface area (Å²) in [6.45, 7) is 1.30. The molecule has 0 fully saturated rings. The molecule has 0 unspecified atom stereocenters. The molecule has 7 nitrogen and oxygen atoms in total. The van der Waals surface area contributed by atoms with Crippen LogP contribution in [0.2, 0.25) is 5.02 Å². The van der Waals surface area contributed by atoms with Crippen molar-refractivity contribution < 1.29 is 24.2 Å². The molecule has 2 aromatic rings. The lowest BCUT2D eigenvalue weighted by Crippen LogP contribution is -2.13. The predicted octanol–water partition coefficient (Wildman–Crippen LogP) is 4.43. The molecule has 0 atom stereocenters. The Balaban J connectivity index is 2.31. The lowest BCUT2D eigenvalue weighted by molar-refractivity contribution is -0.139. The number of nitrogens with zero attached hydrogens (tertiary/aromatic N) is 1. The maximum Gasteiger partial charge on any atom is 0.341 e. The number of benzene rings is 2. The van der Waals surface area contributed by atoms with E-state index in [2.05, 4.69) is 21.2 Å². The topological polar surface area (TPSA) is 109 Å². The van der Waals surface area contributed by atoms with Crippen molar-refractivity contribution in [2.45, 2.75) is 6.92 Å². The van der Waals surface area contributed by atoms with Crippen LogP contribution in [0.1, 0.15) is 11.1 Å². The van der Waals surface area contributed by atoms with Crippen LogP contribution in [-0.4, -0.2) is 30.7 Å². The maximum atomic E-state index is 12.5. The number of methoxy groups -OCH3 is 1. The molecule has 0 aliphatic carbocycles. The number of nitrogens with one attached hydrogen (secondary N) is 1. The number of amides is 1. The molecule has 2 rings (SSSR count). The van der Waals surface area contributed by atoms with Crippen molar-refractivity contribution >= 4 is 51.2 Å². The van der Waals surface area contributed by atoms with E-state index in [1.807, 2.05) is 13.0 Å². The molecular formula is C20H16BrClN2O5. The molecule has 0 bridgehead atoms. The first-order valence-corrected chi connectivity index (χ1v) is 9.33. The van der Waals surface area contributed by atoms with Gasteiger partial charge < -0.3 is 19.9 Å². The summed E-state index contributed by atoms with van der Waals surface area (Å²) in [4.78, 5) is 23.2. The molecule has 2 N–H and O–H groups in total. The van der Waals surface area contributed by atoms with E-state index in [-0.39, 0.29) is 17.1 Å². The molecule has 0 aliphatic rings. The fraction of sp³-hybridized carbons (Fsp3) is 0.150. The summed E-state index contributed by atoms with van der Waals surface area (Å²) in [7, 11) is 1.39. The maximum absolute atomic E-state index is 12.5. The lowest BCUT2D eigenvalue weighted by Gasteiger charge is -2.12. The van der Waals surface area contributed by atoms with Crippen LogP contribution in [-0.2, 0) is 9.59 Å².